The molecule has 1 N–H and O–H groups in total. The van der Waals surface area contributed by atoms with Gasteiger partial charge in [-0.3, -0.25) is 9.78 Å². The highest BCUT2D eigenvalue weighted by atomic mass is 16.2. The summed E-state index contributed by atoms with van der Waals surface area (Å²) in [4.78, 5) is 20.9. The van der Waals surface area contributed by atoms with Gasteiger partial charge in [0.1, 0.15) is 0 Å². The second-order valence-electron chi connectivity index (χ2n) is 6.97. The molecule has 7 heteroatoms. The molecule has 1 fully saturated rings. The Morgan fingerprint density at radius 1 is 1.00 bits per heavy atom. The summed E-state index contributed by atoms with van der Waals surface area (Å²) in [6.45, 7) is 4.93. The molecule has 0 unspecified atom stereocenters. The maximum atomic E-state index is 12.7. The Kier molecular flexibility index (Phi) is 5.65. The highest BCUT2D eigenvalue weighted by Gasteiger charge is 2.23. The molecule has 0 spiro atoms. The zero-order valence-corrected chi connectivity index (χ0v) is 16.5. The van der Waals surface area contributed by atoms with Gasteiger partial charge in [0, 0.05) is 37.9 Å². The van der Waals surface area contributed by atoms with Gasteiger partial charge in [-0.2, -0.15) is 0 Å². The van der Waals surface area contributed by atoms with Gasteiger partial charge in [0.05, 0.1) is 11.9 Å². The summed E-state index contributed by atoms with van der Waals surface area (Å²) >= 11 is 0. The SMILES string of the molecule is CCc1ccc(C(=O)N2CCN(c3ccc(Nc4cccnc4)nn3)CC2)cc1. The average molecular weight is 388 g/mol. The molecule has 4 rings (SSSR count). The largest absolute Gasteiger partial charge is 0.352 e. The topological polar surface area (TPSA) is 74.2 Å². The number of carbonyl (C=O) groups is 1. The lowest BCUT2D eigenvalue weighted by atomic mass is 10.1. The van der Waals surface area contributed by atoms with Gasteiger partial charge in [0.15, 0.2) is 11.6 Å². The summed E-state index contributed by atoms with van der Waals surface area (Å²) in [6.07, 6.45) is 4.44. The fourth-order valence-corrected chi connectivity index (χ4v) is 3.35. The number of pyridine rings is 1. The quantitative estimate of drug-likeness (QED) is 0.724. The van der Waals surface area contributed by atoms with Gasteiger partial charge in [-0.1, -0.05) is 19.1 Å². The zero-order valence-electron chi connectivity index (χ0n) is 16.5. The molecule has 1 aliphatic heterocycles. The molecule has 0 atom stereocenters. The Morgan fingerprint density at radius 3 is 2.41 bits per heavy atom. The predicted octanol–water partition coefficient (Wildman–Crippen LogP) is 3.14. The molecule has 1 amide bonds. The lowest BCUT2D eigenvalue weighted by Gasteiger charge is -2.35. The molecule has 1 aromatic carbocycles. The number of rotatable bonds is 5. The molecule has 3 heterocycles. The van der Waals surface area contributed by atoms with Crippen LogP contribution < -0.4 is 10.2 Å². The molecular formula is C22H24N6O. The van der Waals surface area contributed by atoms with Crippen LogP contribution in [0.5, 0.6) is 0 Å². The zero-order chi connectivity index (χ0) is 20.1. The number of hydrogen-bond donors (Lipinski definition) is 1. The molecule has 148 valence electrons. The van der Waals surface area contributed by atoms with Gasteiger partial charge in [-0.05, 0) is 48.4 Å². The molecule has 29 heavy (non-hydrogen) atoms. The summed E-state index contributed by atoms with van der Waals surface area (Å²) in [5.74, 6) is 1.58. The number of aromatic nitrogens is 3. The Bertz CT molecular complexity index is 935. The standard InChI is InChI=1S/C22H24N6O/c1-2-17-5-7-18(8-6-17)22(29)28-14-12-27(13-15-28)21-10-9-20(25-26-21)24-19-4-3-11-23-16-19/h3-11,16H,2,12-15H2,1H3,(H,24,25). The van der Waals surface area contributed by atoms with E-state index in [1.165, 1.54) is 5.56 Å². The number of benzene rings is 1. The van der Waals surface area contributed by atoms with Crippen molar-refractivity contribution < 1.29 is 4.79 Å². The Morgan fingerprint density at radius 2 is 1.79 bits per heavy atom. The molecule has 0 saturated carbocycles. The Labute approximate surface area is 170 Å². The number of nitrogens with one attached hydrogen (secondary N) is 1. The van der Waals surface area contributed by atoms with Crippen LogP contribution in [-0.4, -0.2) is 52.2 Å². The van der Waals surface area contributed by atoms with Gasteiger partial charge in [-0.25, -0.2) is 0 Å². The smallest absolute Gasteiger partial charge is 0.253 e. The summed E-state index contributed by atoms with van der Waals surface area (Å²) < 4.78 is 0. The van der Waals surface area contributed by atoms with Gasteiger partial charge < -0.3 is 15.1 Å². The van der Waals surface area contributed by atoms with Crippen LogP contribution >= 0.6 is 0 Å². The average Bonchev–Trinajstić information content (AvgIpc) is 2.80. The Hall–Kier alpha value is -3.48. The van der Waals surface area contributed by atoms with Crippen molar-refractivity contribution in [3.63, 3.8) is 0 Å². The molecule has 0 radical (unpaired) electrons. The van der Waals surface area contributed by atoms with E-state index in [0.717, 1.165) is 36.6 Å². The molecular weight excluding hydrogens is 364 g/mol. The van der Waals surface area contributed by atoms with Crippen LogP contribution in [0, 0.1) is 0 Å². The second-order valence-corrected chi connectivity index (χ2v) is 6.97. The summed E-state index contributed by atoms with van der Waals surface area (Å²) in [7, 11) is 0. The molecule has 1 aliphatic rings. The normalized spacial score (nSPS) is 14.0. The lowest BCUT2D eigenvalue weighted by molar-refractivity contribution is 0.0746. The summed E-state index contributed by atoms with van der Waals surface area (Å²) in [5, 5.41) is 11.8. The maximum absolute atomic E-state index is 12.7. The van der Waals surface area contributed by atoms with Crippen LogP contribution in [0.2, 0.25) is 0 Å². The van der Waals surface area contributed by atoms with Crippen LogP contribution in [0.3, 0.4) is 0 Å². The third-order valence-electron chi connectivity index (χ3n) is 5.08. The van der Waals surface area contributed by atoms with Crippen molar-refractivity contribution in [3.05, 3.63) is 72.1 Å². The van der Waals surface area contributed by atoms with E-state index in [4.69, 9.17) is 0 Å². The van der Waals surface area contributed by atoms with Gasteiger partial charge >= 0.3 is 0 Å². The van der Waals surface area contributed by atoms with Gasteiger partial charge in [0.25, 0.3) is 5.91 Å². The Balaban J connectivity index is 1.33. The number of carbonyl (C=O) groups excluding carboxylic acids is 1. The van der Waals surface area contributed by atoms with E-state index in [-0.39, 0.29) is 5.91 Å². The van der Waals surface area contributed by atoms with E-state index in [2.05, 4.69) is 32.3 Å². The molecule has 0 bridgehead atoms. The minimum absolute atomic E-state index is 0.0920. The molecule has 7 nitrogen and oxygen atoms in total. The first-order valence-corrected chi connectivity index (χ1v) is 9.87. The van der Waals surface area contributed by atoms with Crippen molar-refractivity contribution in [2.24, 2.45) is 0 Å². The number of amides is 1. The first-order chi connectivity index (χ1) is 14.2. The maximum Gasteiger partial charge on any atom is 0.253 e. The number of piperazine rings is 1. The molecule has 2 aromatic heterocycles. The molecule has 3 aromatic rings. The second kappa shape index (κ2) is 8.68. The van der Waals surface area contributed by atoms with Crippen LogP contribution in [-0.2, 0) is 6.42 Å². The number of nitrogens with zero attached hydrogens (tertiary/aromatic N) is 5. The van der Waals surface area contributed by atoms with E-state index < -0.39 is 0 Å². The van der Waals surface area contributed by atoms with E-state index in [9.17, 15) is 4.79 Å². The highest BCUT2D eigenvalue weighted by Crippen LogP contribution is 2.18. The number of anilines is 3. The fraction of sp³-hybridized carbons (Fsp3) is 0.273. The molecule has 0 aliphatic carbocycles. The van der Waals surface area contributed by atoms with Gasteiger partial charge in [-0.15, -0.1) is 10.2 Å². The van der Waals surface area contributed by atoms with E-state index in [0.29, 0.717) is 18.9 Å². The van der Waals surface area contributed by atoms with E-state index in [1.807, 2.05) is 53.4 Å². The fourth-order valence-electron chi connectivity index (χ4n) is 3.35. The monoisotopic (exact) mass is 388 g/mol. The van der Waals surface area contributed by atoms with Crippen molar-refractivity contribution in [3.8, 4) is 0 Å². The number of hydrogen-bond acceptors (Lipinski definition) is 6. The van der Waals surface area contributed by atoms with Crippen molar-refractivity contribution >= 4 is 23.2 Å². The first-order valence-electron chi connectivity index (χ1n) is 9.87. The van der Waals surface area contributed by atoms with E-state index >= 15 is 0 Å². The van der Waals surface area contributed by atoms with Crippen LogP contribution in [0.15, 0.2) is 60.9 Å². The first kappa shape index (κ1) is 18.9. The third kappa shape index (κ3) is 4.51. The van der Waals surface area contributed by atoms with Gasteiger partial charge in [0.2, 0.25) is 0 Å². The third-order valence-corrected chi connectivity index (χ3v) is 5.08. The van der Waals surface area contributed by atoms with Crippen molar-refractivity contribution in [2.45, 2.75) is 13.3 Å². The lowest BCUT2D eigenvalue weighted by Crippen LogP contribution is -2.49. The van der Waals surface area contributed by atoms with Crippen molar-refractivity contribution in [2.75, 3.05) is 36.4 Å². The summed E-state index contributed by atoms with van der Waals surface area (Å²) in [6, 6.07) is 15.5. The number of aryl methyl sites for hydroxylation is 1. The van der Waals surface area contributed by atoms with Crippen molar-refractivity contribution in [1.29, 1.82) is 0 Å². The van der Waals surface area contributed by atoms with Crippen LogP contribution in [0.4, 0.5) is 17.3 Å². The summed E-state index contributed by atoms with van der Waals surface area (Å²) in [5.41, 5.74) is 2.86. The molecule has 1 saturated heterocycles. The highest BCUT2D eigenvalue weighted by molar-refractivity contribution is 5.94. The van der Waals surface area contributed by atoms with Crippen LogP contribution in [0.25, 0.3) is 0 Å². The van der Waals surface area contributed by atoms with E-state index in [1.54, 1.807) is 12.4 Å². The minimum atomic E-state index is 0.0920. The van der Waals surface area contributed by atoms with Crippen molar-refractivity contribution in [1.82, 2.24) is 20.1 Å². The predicted molar refractivity (Wildman–Crippen MR) is 113 cm³/mol. The van der Waals surface area contributed by atoms with Crippen LogP contribution in [0.1, 0.15) is 22.8 Å². The minimum Gasteiger partial charge on any atom is -0.352 e.